The maximum atomic E-state index is 12.2. The fourth-order valence-corrected chi connectivity index (χ4v) is 1.94. The monoisotopic (exact) mass is 280 g/mol. The summed E-state index contributed by atoms with van der Waals surface area (Å²) in [6.45, 7) is 3.04. The van der Waals surface area contributed by atoms with Crippen molar-refractivity contribution >= 4 is 23.1 Å². The first-order valence-corrected chi connectivity index (χ1v) is 6.66. The number of amides is 1. The molecule has 0 unspecified atom stereocenters. The summed E-state index contributed by atoms with van der Waals surface area (Å²) in [5.74, 6) is 0.824. The maximum Gasteiger partial charge on any atom is 0.227 e. The molecule has 0 heterocycles. The van der Waals surface area contributed by atoms with Gasteiger partial charge in [-0.1, -0.05) is 31.3 Å². The summed E-state index contributed by atoms with van der Waals surface area (Å²) in [5, 5.41) is 0. The van der Waals surface area contributed by atoms with Gasteiger partial charge in [0.25, 0.3) is 0 Å². The molecule has 0 fully saturated rings. The van der Waals surface area contributed by atoms with Crippen molar-refractivity contribution in [3.8, 4) is 5.75 Å². The van der Waals surface area contributed by atoms with Crippen LogP contribution in [0.1, 0.15) is 18.9 Å². The van der Waals surface area contributed by atoms with Crippen LogP contribution >= 0.6 is 12.2 Å². The standard InChI is InChI=1S/C14H20N2O2S/c1-3-8-16(10-13(15)19)14(17)9-11-4-6-12(18-2)7-5-11/h4-7H,3,8-10H2,1-2H3,(H2,15,19). The molecule has 1 aromatic rings. The average molecular weight is 280 g/mol. The van der Waals surface area contributed by atoms with Crippen molar-refractivity contribution in [3.63, 3.8) is 0 Å². The van der Waals surface area contributed by atoms with E-state index in [-0.39, 0.29) is 5.91 Å². The Morgan fingerprint density at radius 2 is 2.00 bits per heavy atom. The molecule has 0 aliphatic carbocycles. The van der Waals surface area contributed by atoms with E-state index in [2.05, 4.69) is 0 Å². The number of thiocarbonyl (C=S) groups is 1. The summed E-state index contributed by atoms with van der Waals surface area (Å²) in [6.07, 6.45) is 1.24. The molecular weight excluding hydrogens is 260 g/mol. The Hall–Kier alpha value is -1.62. The van der Waals surface area contributed by atoms with Crippen LogP contribution in [0.15, 0.2) is 24.3 Å². The van der Waals surface area contributed by atoms with E-state index in [0.717, 1.165) is 17.7 Å². The average Bonchev–Trinajstić information content (AvgIpc) is 2.38. The normalized spacial score (nSPS) is 10.0. The molecule has 2 N–H and O–H groups in total. The van der Waals surface area contributed by atoms with Crippen LogP contribution in [-0.4, -0.2) is 36.0 Å². The molecule has 0 saturated carbocycles. The number of ether oxygens (including phenoxy) is 1. The largest absolute Gasteiger partial charge is 0.497 e. The van der Waals surface area contributed by atoms with Crippen molar-refractivity contribution in [1.29, 1.82) is 0 Å². The second-order valence-corrected chi connectivity index (χ2v) is 4.83. The molecule has 0 saturated heterocycles. The Morgan fingerprint density at radius 3 is 2.47 bits per heavy atom. The predicted octanol–water partition coefficient (Wildman–Crippen LogP) is 1.76. The molecule has 0 spiro atoms. The lowest BCUT2D eigenvalue weighted by Gasteiger charge is -2.21. The first-order valence-electron chi connectivity index (χ1n) is 6.25. The lowest BCUT2D eigenvalue weighted by molar-refractivity contribution is -0.129. The number of methoxy groups -OCH3 is 1. The number of nitrogens with zero attached hydrogens (tertiary/aromatic N) is 1. The second kappa shape index (κ2) is 7.74. The summed E-state index contributed by atoms with van der Waals surface area (Å²) in [6, 6.07) is 7.48. The van der Waals surface area contributed by atoms with E-state index in [0.29, 0.717) is 24.5 Å². The zero-order chi connectivity index (χ0) is 14.3. The fourth-order valence-electron chi connectivity index (χ4n) is 1.78. The van der Waals surface area contributed by atoms with Crippen molar-refractivity contribution in [3.05, 3.63) is 29.8 Å². The first-order chi connectivity index (χ1) is 9.06. The Kier molecular flexibility index (Phi) is 6.29. The van der Waals surface area contributed by atoms with Gasteiger partial charge in [-0.15, -0.1) is 0 Å². The van der Waals surface area contributed by atoms with Crippen LogP contribution in [0.3, 0.4) is 0 Å². The van der Waals surface area contributed by atoms with Gasteiger partial charge >= 0.3 is 0 Å². The third kappa shape index (κ3) is 5.26. The Balaban J connectivity index is 2.66. The van der Waals surface area contributed by atoms with Crippen molar-refractivity contribution in [2.24, 2.45) is 5.73 Å². The number of benzene rings is 1. The number of hydrogen-bond donors (Lipinski definition) is 1. The molecular formula is C14H20N2O2S. The van der Waals surface area contributed by atoms with Crippen LogP contribution in [0.4, 0.5) is 0 Å². The smallest absolute Gasteiger partial charge is 0.227 e. The van der Waals surface area contributed by atoms with Crippen molar-refractivity contribution in [2.45, 2.75) is 19.8 Å². The van der Waals surface area contributed by atoms with Gasteiger partial charge in [-0.3, -0.25) is 4.79 Å². The molecule has 19 heavy (non-hydrogen) atoms. The number of nitrogens with two attached hydrogens (primary N) is 1. The minimum atomic E-state index is 0.0415. The molecule has 0 aliphatic rings. The van der Waals surface area contributed by atoms with Gasteiger partial charge in [0.2, 0.25) is 5.91 Å². The lowest BCUT2D eigenvalue weighted by Crippen LogP contribution is -2.39. The van der Waals surface area contributed by atoms with Gasteiger partial charge in [0, 0.05) is 6.54 Å². The lowest BCUT2D eigenvalue weighted by atomic mass is 10.1. The highest BCUT2D eigenvalue weighted by Crippen LogP contribution is 2.12. The van der Waals surface area contributed by atoms with Crippen molar-refractivity contribution < 1.29 is 9.53 Å². The Bertz CT molecular complexity index is 432. The molecule has 0 bridgehead atoms. The fraction of sp³-hybridized carbons (Fsp3) is 0.429. The van der Waals surface area contributed by atoms with E-state index in [1.807, 2.05) is 31.2 Å². The van der Waals surface area contributed by atoms with Gasteiger partial charge in [-0.25, -0.2) is 0 Å². The number of carbonyl (C=O) groups excluding carboxylic acids is 1. The molecule has 1 amide bonds. The molecule has 5 heteroatoms. The molecule has 0 aromatic heterocycles. The van der Waals surface area contributed by atoms with Crippen LogP contribution in [0.25, 0.3) is 0 Å². The molecule has 4 nitrogen and oxygen atoms in total. The third-order valence-electron chi connectivity index (χ3n) is 2.71. The van der Waals surface area contributed by atoms with Gasteiger partial charge in [-0.05, 0) is 24.1 Å². The molecule has 0 aliphatic heterocycles. The summed E-state index contributed by atoms with van der Waals surface area (Å²) in [4.78, 5) is 14.2. The summed E-state index contributed by atoms with van der Waals surface area (Å²) < 4.78 is 5.08. The Morgan fingerprint density at radius 1 is 1.37 bits per heavy atom. The third-order valence-corrected chi connectivity index (χ3v) is 2.84. The minimum absolute atomic E-state index is 0.0415. The number of hydrogen-bond acceptors (Lipinski definition) is 3. The van der Waals surface area contributed by atoms with Crippen LogP contribution in [0, 0.1) is 0 Å². The molecule has 1 rings (SSSR count). The zero-order valence-electron chi connectivity index (χ0n) is 11.4. The van der Waals surface area contributed by atoms with Crippen LogP contribution in [0.2, 0.25) is 0 Å². The second-order valence-electron chi connectivity index (χ2n) is 4.31. The van der Waals surface area contributed by atoms with E-state index in [9.17, 15) is 4.79 Å². The SMILES string of the molecule is CCCN(CC(N)=S)C(=O)Cc1ccc(OC)cc1. The van der Waals surface area contributed by atoms with Crippen molar-refractivity contribution in [2.75, 3.05) is 20.2 Å². The number of carbonyl (C=O) groups is 1. The van der Waals surface area contributed by atoms with Crippen LogP contribution < -0.4 is 10.5 Å². The summed E-state index contributed by atoms with van der Waals surface area (Å²) in [5.41, 5.74) is 6.47. The van der Waals surface area contributed by atoms with Crippen LogP contribution in [-0.2, 0) is 11.2 Å². The highest BCUT2D eigenvalue weighted by molar-refractivity contribution is 7.80. The van der Waals surface area contributed by atoms with E-state index >= 15 is 0 Å². The minimum Gasteiger partial charge on any atom is -0.497 e. The molecule has 0 radical (unpaired) electrons. The summed E-state index contributed by atoms with van der Waals surface area (Å²) in [7, 11) is 1.62. The van der Waals surface area contributed by atoms with Gasteiger partial charge in [0.15, 0.2) is 0 Å². The van der Waals surface area contributed by atoms with Gasteiger partial charge in [0.1, 0.15) is 5.75 Å². The van der Waals surface area contributed by atoms with Gasteiger partial charge < -0.3 is 15.4 Å². The first kappa shape index (κ1) is 15.4. The predicted molar refractivity (Wildman–Crippen MR) is 80.4 cm³/mol. The highest BCUT2D eigenvalue weighted by Gasteiger charge is 2.14. The van der Waals surface area contributed by atoms with E-state index in [4.69, 9.17) is 22.7 Å². The van der Waals surface area contributed by atoms with Gasteiger partial charge in [0.05, 0.1) is 25.1 Å². The Labute approximate surface area is 119 Å². The number of rotatable bonds is 7. The van der Waals surface area contributed by atoms with Crippen LogP contribution in [0.5, 0.6) is 5.75 Å². The topological polar surface area (TPSA) is 55.6 Å². The van der Waals surface area contributed by atoms with Gasteiger partial charge in [-0.2, -0.15) is 0 Å². The molecule has 0 atom stereocenters. The van der Waals surface area contributed by atoms with E-state index < -0.39 is 0 Å². The zero-order valence-corrected chi connectivity index (χ0v) is 12.2. The molecule has 1 aromatic carbocycles. The molecule has 104 valence electrons. The summed E-state index contributed by atoms with van der Waals surface area (Å²) >= 11 is 4.87. The highest BCUT2D eigenvalue weighted by atomic mass is 32.1. The van der Waals surface area contributed by atoms with E-state index in [1.165, 1.54) is 0 Å². The maximum absolute atomic E-state index is 12.2. The quantitative estimate of drug-likeness (QED) is 0.773. The van der Waals surface area contributed by atoms with E-state index in [1.54, 1.807) is 12.0 Å². The van der Waals surface area contributed by atoms with Crippen molar-refractivity contribution in [1.82, 2.24) is 4.90 Å².